The average molecular weight is 331 g/mol. The van der Waals surface area contributed by atoms with Crippen molar-refractivity contribution in [3.63, 3.8) is 0 Å². The third kappa shape index (κ3) is 3.97. The fraction of sp³-hybridized carbons (Fsp3) is 0.625. The number of benzene rings is 1. The summed E-state index contributed by atoms with van der Waals surface area (Å²) in [6.07, 6.45) is -0.495. The summed E-state index contributed by atoms with van der Waals surface area (Å²) in [5.41, 5.74) is 1.11. The van der Waals surface area contributed by atoms with Gasteiger partial charge < -0.3 is 19.7 Å². The van der Waals surface area contributed by atoms with E-state index in [2.05, 4.69) is 24.1 Å². The Labute approximate surface area is 136 Å². The highest BCUT2D eigenvalue weighted by molar-refractivity contribution is 6.32. The molecule has 4 nitrogen and oxygen atoms in total. The highest BCUT2D eigenvalue weighted by Gasteiger charge is 2.24. The number of nitrogens with zero attached hydrogens (tertiary/aromatic N) is 1. The molecule has 0 amide bonds. The number of likely N-dealkylation sites (N-methyl/N-ethyl adjacent to an activating group) is 1. The molecule has 0 unspecified atom stereocenters. The third-order valence-corrected chi connectivity index (χ3v) is 4.61. The maximum atomic E-state index is 14.1. The molecule has 1 aromatic carbocycles. The molecule has 1 N–H and O–H groups in total. The summed E-state index contributed by atoms with van der Waals surface area (Å²) in [6.45, 7) is 6.38. The first kappa shape index (κ1) is 17.6. The summed E-state index contributed by atoms with van der Waals surface area (Å²) in [6, 6.07) is 3.04. The monoisotopic (exact) mass is 330 g/mol. The molecular formula is C16H24ClFN2O2. The normalized spacial score (nSPS) is 16.7. The fourth-order valence-electron chi connectivity index (χ4n) is 2.15. The van der Waals surface area contributed by atoms with Crippen molar-refractivity contribution in [1.29, 1.82) is 0 Å². The third-order valence-electron chi connectivity index (χ3n) is 4.16. The maximum Gasteiger partial charge on any atom is 0.185 e. The molecule has 0 atom stereocenters. The van der Waals surface area contributed by atoms with Crippen molar-refractivity contribution in [2.45, 2.75) is 32.2 Å². The van der Waals surface area contributed by atoms with E-state index in [9.17, 15) is 4.39 Å². The lowest BCUT2D eigenvalue weighted by molar-refractivity contribution is -0.0441. The van der Waals surface area contributed by atoms with E-state index in [0.717, 1.165) is 6.54 Å². The van der Waals surface area contributed by atoms with Crippen molar-refractivity contribution >= 4 is 11.6 Å². The first-order chi connectivity index (χ1) is 10.3. The number of ether oxygens (including phenoxy) is 2. The van der Waals surface area contributed by atoms with Crippen molar-refractivity contribution in [3.05, 3.63) is 34.1 Å². The first-order valence-corrected chi connectivity index (χ1v) is 7.79. The number of rotatable bonds is 6. The standard InChI is InChI=1S/C16H24ClFN2O2/c1-16(2,20(3)4)10-19-9-12-13(18)6-5-11(14(12)17)15-21-7-8-22-15/h5-6,15,19H,7-10H2,1-4H3. The fourth-order valence-corrected chi connectivity index (χ4v) is 2.46. The van der Waals surface area contributed by atoms with E-state index in [1.807, 2.05) is 14.1 Å². The van der Waals surface area contributed by atoms with Gasteiger partial charge in [0.1, 0.15) is 5.82 Å². The second kappa shape index (κ2) is 7.23. The predicted octanol–water partition coefficient (Wildman–Crippen LogP) is 2.95. The number of halogens is 2. The minimum Gasteiger partial charge on any atom is -0.346 e. The first-order valence-electron chi connectivity index (χ1n) is 7.41. The smallest absolute Gasteiger partial charge is 0.185 e. The quantitative estimate of drug-likeness (QED) is 0.869. The van der Waals surface area contributed by atoms with Gasteiger partial charge >= 0.3 is 0 Å². The highest BCUT2D eigenvalue weighted by atomic mass is 35.5. The zero-order valence-corrected chi connectivity index (χ0v) is 14.3. The zero-order valence-electron chi connectivity index (χ0n) is 13.6. The van der Waals surface area contributed by atoms with E-state index >= 15 is 0 Å². The van der Waals surface area contributed by atoms with Crippen molar-refractivity contribution in [1.82, 2.24) is 10.2 Å². The van der Waals surface area contributed by atoms with E-state index in [4.69, 9.17) is 21.1 Å². The van der Waals surface area contributed by atoms with E-state index in [0.29, 0.717) is 35.9 Å². The van der Waals surface area contributed by atoms with Crippen LogP contribution < -0.4 is 5.32 Å². The van der Waals surface area contributed by atoms with E-state index < -0.39 is 6.29 Å². The summed E-state index contributed by atoms with van der Waals surface area (Å²) < 4.78 is 25.0. The molecule has 0 aromatic heterocycles. The van der Waals surface area contributed by atoms with Gasteiger partial charge in [-0.15, -0.1) is 0 Å². The van der Waals surface area contributed by atoms with E-state index in [1.165, 1.54) is 6.07 Å². The summed E-state index contributed by atoms with van der Waals surface area (Å²) in [7, 11) is 4.04. The van der Waals surface area contributed by atoms with E-state index in [1.54, 1.807) is 6.07 Å². The lowest BCUT2D eigenvalue weighted by Gasteiger charge is -2.33. The molecule has 0 radical (unpaired) electrons. The molecule has 0 saturated carbocycles. The second-order valence-corrected chi connectivity index (χ2v) is 6.69. The molecule has 0 bridgehead atoms. The Bertz CT molecular complexity index is 517. The van der Waals surface area contributed by atoms with Gasteiger partial charge in [0.25, 0.3) is 0 Å². The Morgan fingerprint density at radius 3 is 2.55 bits per heavy atom. The van der Waals surface area contributed by atoms with Gasteiger partial charge in [-0.25, -0.2) is 4.39 Å². The van der Waals surface area contributed by atoms with E-state index in [-0.39, 0.29) is 11.4 Å². The maximum absolute atomic E-state index is 14.1. The molecular weight excluding hydrogens is 307 g/mol. The van der Waals surface area contributed by atoms with Crippen LogP contribution in [0.1, 0.15) is 31.3 Å². The Kier molecular flexibility index (Phi) is 5.80. The summed E-state index contributed by atoms with van der Waals surface area (Å²) >= 11 is 6.36. The second-order valence-electron chi connectivity index (χ2n) is 6.31. The topological polar surface area (TPSA) is 33.7 Å². The Morgan fingerprint density at radius 1 is 1.32 bits per heavy atom. The molecule has 124 valence electrons. The van der Waals surface area contributed by atoms with Gasteiger partial charge in [0, 0.05) is 29.8 Å². The van der Waals surface area contributed by atoms with Crippen LogP contribution in [0.5, 0.6) is 0 Å². The molecule has 6 heteroatoms. The van der Waals surface area contributed by atoms with Crippen LogP contribution in [0.25, 0.3) is 0 Å². The summed E-state index contributed by atoms with van der Waals surface area (Å²) in [5.74, 6) is -0.318. The van der Waals surface area contributed by atoms with Crippen LogP contribution in [0.4, 0.5) is 4.39 Å². The largest absolute Gasteiger partial charge is 0.346 e. The van der Waals surface area contributed by atoms with Gasteiger partial charge in [-0.2, -0.15) is 0 Å². The van der Waals surface area contributed by atoms with Gasteiger partial charge in [0.05, 0.1) is 18.2 Å². The molecule has 1 heterocycles. The van der Waals surface area contributed by atoms with Gasteiger partial charge in [0.15, 0.2) is 6.29 Å². The van der Waals surface area contributed by atoms with Crippen molar-refractivity contribution in [3.8, 4) is 0 Å². The van der Waals surface area contributed by atoms with Crippen molar-refractivity contribution < 1.29 is 13.9 Å². The van der Waals surface area contributed by atoms with Gasteiger partial charge in [-0.1, -0.05) is 11.6 Å². The average Bonchev–Trinajstić information content (AvgIpc) is 2.96. The molecule has 1 aromatic rings. The molecule has 1 aliphatic rings. The Hall–Kier alpha value is -0.720. The Morgan fingerprint density at radius 2 is 1.95 bits per heavy atom. The van der Waals surface area contributed by atoms with Crippen LogP contribution in [-0.2, 0) is 16.0 Å². The molecule has 2 rings (SSSR count). The number of hydrogen-bond donors (Lipinski definition) is 1. The predicted molar refractivity (Wildman–Crippen MR) is 85.5 cm³/mol. The van der Waals surface area contributed by atoms with Crippen LogP contribution >= 0.6 is 11.6 Å². The van der Waals surface area contributed by atoms with Gasteiger partial charge in [0.2, 0.25) is 0 Å². The number of hydrogen-bond acceptors (Lipinski definition) is 4. The molecule has 1 fully saturated rings. The molecule has 1 aliphatic heterocycles. The Balaban J connectivity index is 2.08. The highest BCUT2D eigenvalue weighted by Crippen LogP contribution is 2.33. The van der Waals surface area contributed by atoms with Crippen LogP contribution in [0.2, 0.25) is 5.02 Å². The van der Waals surface area contributed by atoms with Crippen LogP contribution in [-0.4, -0.2) is 44.3 Å². The van der Waals surface area contributed by atoms with Crippen LogP contribution in [0, 0.1) is 5.82 Å². The van der Waals surface area contributed by atoms with Crippen LogP contribution in [0.3, 0.4) is 0 Å². The van der Waals surface area contributed by atoms with Crippen molar-refractivity contribution in [2.24, 2.45) is 0 Å². The van der Waals surface area contributed by atoms with Gasteiger partial charge in [-0.05, 0) is 40.1 Å². The molecule has 0 aliphatic carbocycles. The summed E-state index contributed by atoms with van der Waals surface area (Å²) in [4.78, 5) is 2.12. The minimum atomic E-state index is -0.495. The van der Waals surface area contributed by atoms with Crippen LogP contribution in [0.15, 0.2) is 12.1 Å². The molecule has 22 heavy (non-hydrogen) atoms. The SMILES string of the molecule is CN(C)C(C)(C)CNCc1c(F)ccc(C2OCCO2)c1Cl. The minimum absolute atomic E-state index is 0.0295. The van der Waals surface area contributed by atoms with Crippen molar-refractivity contribution in [2.75, 3.05) is 33.9 Å². The summed E-state index contributed by atoms with van der Waals surface area (Å²) in [5, 5.41) is 3.65. The molecule has 0 spiro atoms. The lowest BCUT2D eigenvalue weighted by atomic mass is 10.0. The number of nitrogens with one attached hydrogen (secondary N) is 1. The zero-order chi connectivity index (χ0) is 16.3. The lowest BCUT2D eigenvalue weighted by Crippen LogP contribution is -2.46. The molecule has 1 saturated heterocycles. The van der Waals surface area contributed by atoms with Gasteiger partial charge in [-0.3, -0.25) is 0 Å².